The molecule has 3 heterocycles. The number of nitrogens with one attached hydrogen (secondary N) is 2. The van der Waals surface area contributed by atoms with Crippen molar-refractivity contribution in [3.8, 4) is 0 Å². The molecule has 6 unspecified atom stereocenters. The number of carbonyl (C=O) groups is 1. The van der Waals surface area contributed by atoms with Gasteiger partial charge < -0.3 is 5.32 Å². The van der Waals surface area contributed by atoms with Crippen LogP contribution in [0.2, 0.25) is 0 Å². The molecule has 3 aliphatic heterocycles. The van der Waals surface area contributed by atoms with Crippen LogP contribution in [0.15, 0.2) is 0 Å². The van der Waals surface area contributed by atoms with Gasteiger partial charge in [0.15, 0.2) is 0 Å². The molecule has 0 saturated carbocycles. The molecule has 0 aromatic heterocycles. The summed E-state index contributed by atoms with van der Waals surface area (Å²) in [5.74, 6) is 1.31. The van der Waals surface area contributed by atoms with E-state index in [2.05, 4.69) is 57.1 Å². The van der Waals surface area contributed by atoms with Crippen molar-refractivity contribution in [1.82, 2.24) is 15.5 Å². The lowest BCUT2D eigenvalue weighted by molar-refractivity contribution is -0.128. The average molecular weight is 336 g/mol. The number of carbonyl (C=O) groups excluding carboxylic acids is 1. The molecule has 0 aliphatic carbocycles. The van der Waals surface area contributed by atoms with Gasteiger partial charge in [-0.2, -0.15) is 0 Å². The van der Waals surface area contributed by atoms with Crippen LogP contribution in [0.3, 0.4) is 0 Å². The molecule has 24 heavy (non-hydrogen) atoms. The smallest absolute Gasteiger partial charge is 0.150 e. The second-order valence-corrected chi connectivity index (χ2v) is 10.2. The minimum atomic E-state index is -0.0150. The highest BCUT2D eigenvalue weighted by Gasteiger charge is 2.63. The van der Waals surface area contributed by atoms with Gasteiger partial charge in [0.2, 0.25) is 0 Å². The van der Waals surface area contributed by atoms with Crippen molar-refractivity contribution in [2.45, 2.75) is 97.6 Å². The van der Waals surface area contributed by atoms with Crippen LogP contribution in [-0.2, 0) is 4.79 Å². The first-order chi connectivity index (χ1) is 11.1. The van der Waals surface area contributed by atoms with E-state index in [9.17, 15) is 4.79 Å². The molecular formula is C20H37N3O. The second-order valence-electron chi connectivity index (χ2n) is 10.2. The van der Waals surface area contributed by atoms with Gasteiger partial charge in [-0.25, -0.2) is 0 Å². The summed E-state index contributed by atoms with van der Waals surface area (Å²) in [7, 11) is 0. The minimum absolute atomic E-state index is 0.0150. The van der Waals surface area contributed by atoms with E-state index in [-0.39, 0.29) is 17.0 Å². The highest BCUT2D eigenvalue weighted by Crippen LogP contribution is 2.52. The Balaban J connectivity index is 2.07. The number of rotatable bonds is 2. The third-order valence-electron chi connectivity index (χ3n) is 6.48. The number of hydrogen-bond acceptors (Lipinski definition) is 4. The zero-order valence-electron chi connectivity index (χ0n) is 16.6. The summed E-state index contributed by atoms with van der Waals surface area (Å²) in [5.41, 5.74) is 0.104. The summed E-state index contributed by atoms with van der Waals surface area (Å²) in [4.78, 5) is 15.6. The molecular weight excluding hydrogens is 298 g/mol. The first-order valence-electron chi connectivity index (χ1n) is 9.88. The lowest BCUT2D eigenvalue weighted by atomic mass is 9.67. The van der Waals surface area contributed by atoms with Gasteiger partial charge >= 0.3 is 0 Å². The Bertz CT molecular complexity index is 490. The maximum atomic E-state index is 13.0. The van der Waals surface area contributed by atoms with E-state index in [4.69, 9.17) is 0 Å². The van der Waals surface area contributed by atoms with Crippen molar-refractivity contribution in [3.63, 3.8) is 0 Å². The number of fused-ring (bicyclic) bond motifs is 3. The fraction of sp³-hybridized carbons (Fsp3) is 0.950. The number of Topliss-reactive ketones (excluding diaryl/α,β-unsaturated/α-hetero) is 1. The Labute approximate surface area is 148 Å². The summed E-state index contributed by atoms with van der Waals surface area (Å²) < 4.78 is 0. The van der Waals surface area contributed by atoms with Crippen molar-refractivity contribution in [2.24, 2.45) is 17.3 Å². The van der Waals surface area contributed by atoms with Crippen LogP contribution in [0.1, 0.15) is 67.7 Å². The molecule has 2 N–H and O–H groups in total. The molecule has 3 aliphatic rings. The fourth-order valence-corrected chi connectivity index (χ4v) is 5.72. The normalized spacial score (nSPS) is 40.5. The maximum absolute atomic E-state index is 13.0. The van der Waals surface area contributed by atoms with Crippen LogP contribution in [0.25, 0.3) is 0 Å². The largest absolute Gasteiger partial charge is 0.312 e. The molecule has 4 nitrogen and oxygen atoms in total. The predicted molar refractivity (Wildman–Crippen MR) is 98.8 cm³/mol. The number of piperidine rings is 1. The Morgan fingerprint density at radius 3 is 2.38 bits per heavy atom. The summed E-state index contributed by atoms with van der Waals surface area (Å²) in [6.07, 6.45) is 3.45. The molecule has 0 bridgehead atoms. The molecule has 0 aromatic rings. The zero-order valence-corrected chi connectivity index (χ0v) is 16.6. The van der Waals surface area contributed by atoms with Crippen molar-refractivity contribution in [1.29, 1.82) is 0 Å². The van der Waals surface area contributed by atoms with E-state index in [1.165, 1.54) is 12.8 Å². The van der Waals surface area contributed by atoms with Crippen LogP contribution >= 0.6 is 0 Å². The summed E-state index contributed by atoms with van der Waals surface area (Å²) in [6.45, 7) is 16.9. The Hall–Kier alpha value is -0.450. The van der Waals surface area contributed by atoms with E-state index in [0.29, 0.717) is 42.3 Å². The van der Waals surface area contributed by atoms with E-state index in [1.807, 2.05) is 6.92 Å². The first kappa shape index (κ1) is 18.3. The van der Waals surface area contributed by atoms with Gasteiger partial charge in [-0.15, -0.1) is 0 Å². The molecule has 3 rings (SSSR count). The van der Waals surface area contributed by atoms with Crippen molar-refractivity contribution < 1.29 is 4.79 Å². The molecule has 6 atom stereocenters. The lowest BCUT2D eigenvalue weighted by Crippen LogP contribution is -2.58. The molecule has 0 aromatic carbocycles. The van der Waals surface area contributed by atoms with Crippen molar-refractivity contribution in [3.05, 3.63) is 0 Å². The van der Waals surface area contributed by atoms with Gasteiger partial charge in [0.05, 0.1) is 12.2 Å². The second kappa shape index (κ2) is 6.07. The number of ketones is 1. The summed E-state index contributed by atoms with van der Waals surface area (Å²) in [6, 6.07) is 1.09. The third-order valence-corrected chi connectivity index (χ3v) is 6.48. The Morgan fingerprint density at radius 1 is 1.17 bits per heavy atom. The van der Waals surface area contributed by atoms with E-state index < -0.39 is 0 Å². The molecule has 0 amide bonds. The summed E-state index contributed by atoms with van der Waals surface area (Å²) in [5, 5.41) is 7.74. The van der Waals surface area contributed by atoms with Gasteiger partial charge in [-0.1, -0.05) is 27.7 Å². The zero-order chi connectivity index (χ0) is 17.9. The monoisotopic (exact) mass is 335 g/mol. The third kappa shape index (κ3) is 2.85. The SMILES string of the molecule is CCC(=O)C1C(C(C)(C)C)C2C3NCCCC3NC2N1C(C)(C)C. The van der Waals surface area contributed by atoms with Crippen molar-refractivity contribution in [2.75, 3.05) is 6.54 Å². The number of hydrogen-bond donors (Lipinski definition) is 2. The standard InChI is InChI=1S/C20H37N3O/c1-8-13(24)17-15(19(2,3)4)14-16-12(10-9-11-21-16)22-18(14)23(17)20(5,6)7/h12,14-18,21-22H,8-11H2,1-7H3. The Morgan fingerprint density at radius 2 is 1.83 bits per heavy atom. The lowest BCUT2D eigenvalue weighted by Gasteiger charge is -2.44. The molecule has 138 valence electrons. The Kier molecular flexibility index (Phi) is 4.64. The minimum Gasteiger partial charge on any atom is -0.312 e. The van der Waals surface area contributed by atoms with Gasteiger partial charge in [-0.05, 0) is 51.5 Å². The first-order valence-corrected chi connectivity index (χ1v) is 9.88. The topological polar surface area (TPSA) is 44.4 Å². The highest BCUT2D eigenvalue weighted by atomic mass is 16.1. The number of nitrogens with zero attached hydrogens (tertiary/aromatic N) is 1. The van der Waals surface area contributed by atoms with Gasteiger partial charge in [0.25, 0.3) is 0 Å². The van der Waals surface area contributed by atoms with Crippen LogP contribution in [0.4, 0.5) is 0 Å². The maximum Gasteiger partial charge on any atom is 0.150 e. The van der Waals surface area contributed by atoms with Crippen LogP contribution < -0.4 is 10.6 Å². The average Bonchev–Trinajstić information content (AvgIpc) is 2.98. The molecule has 0 spiro atoms. The van der Waals surface area contributed by atoms with E-state index in [1.54, 1.807) is 0 Å². The molecule has 3 fully saturated rings. The molecule has 3 saturated heterocycles. The summed E-state index contributed by atoms with van der Waals surface area (Å²) >= 11 is 0. The van der Waals surface area contributed by atoms with Crippen molar-refractivity contribution >= 4 is 5.78 Å². The highest BCUT2D eigenvalue weighted by molar-refractivity contribution is 5.85. The quantitative estimate of drug-likeness (QED) is 0.814. The fourth-order valence-electron chi connectivity index (χ4n) is 5.72. The van der Waals surface area contributed by atoms with Crippen LogP contribution in [0, 0.1) is 17.3 Å². The van der Waals surface area contributed by atoms with E-state index >= 15 is 0 Å². The molecule has 4 heteroatoms. The van der Waals surface area contributed by atoms with Gasteiger partial charge in [0.1, 0.15) is 5.78 Å². The van der Waals surface area contributed by atoms with E-state index in [0.717, 1.165) is 6.54 Å². The predicted octanol–water partition coefficient (Wildman–Crippen LogP) is 2.78. The van der Waals surface area contributed by atoms with Crippen LogP contribution in [0.5, 0.6) is 0 Å². The number of likely N-dealkylation sites (tertiary alicyclic amines) is 1. The van der Waals surface area contributed by atoms with Crippen LogP contribution in [-0.4, -0.2) is 47.1 Å². The van der Waals surface area contributed by atoms with Gasteiger partial charge in [-0.3, -0.25) is 15.0 Å². The van der Waals surface area contributed by atoms with Gasteiger partial charge in [0, 0.05) is 30.0 Å². The molecule has 0 radical (unpaired) electrons.